The van der Waals surface area contributed by atoms with Gasteiger partial charge in [0.1, 0.15) is 5.82 Å². The minimum absolute atomic E-state index is 0.0646. The third-order valence-electron chi connectivity index (χ3n) is 4.43. The summed E-state index contributed by atoms with van der Waals surface area (Å²) in [7, 11) is 0. The van der Waals surface area contributed by atoms with E-state index < -0.39 is 29.6 Å². The number of hydrogen-bond donors (Lipinski definition) is 0. The van der Waals surface area contributed by atoms with E-state index in [1.54, 1.807) is 0 Å². The topological polar surface area (TPSA) is 68.2 Å². The monoisotopic (exact) mass is 432 g/mol. The molecule has 0 saturated carbocycles. The van der Waals surface area contributed by atoms with Crippen LogP contribution in [0.2, 0.25) is 0 Å². The summed E-state index contributed by atoms with van der Waals surface area (Å²) >= 11 is 1.30. The number of nitrogens with zero attached hydrogens (tertiary/aromatic N) is 4. The lowest BCUT2D eigenvalue weighted by Gasteiger charge is -2.30. The van der Waals surface area contributed by atoms with Gasteiger partial charge in [-0.25, -0.2) is 13.2 Å². The second-order valence-electron chi connectivity index (χ2n) is 6.34. The van der Waals surface area contributed by atoms with Crippen LogP contribution in [0.25, 0.3) is 11.3 Å². The predicted octanol–water partition coefficient (Wildman–Crippen LogP) is 4.51. The van der Waals surface area contributed by atoms with Crippen molar-refractivity contribution in [1.82, 2.24) is 15.2 Å². The van der Waals surface area contributed by atoms with Gasteiger partial charge in [-0.2, -0.15) is 4.98 Å². The zero-order valence-electron chi connectivity index (χ0n) is 15.9. The number of rotatable bonds is 3. The minimum Gasteiger partial charge on any atom is -0.447 e. The molecule has 3 aromatic rings. The molecule has 1 atom stereocenters. The van der Waals surface area contributed by atoms with Gasteiger partial charge in [-0.05, 0) is 30.0 Å². The Balaban J connectivity index is 2.00. The zero-order chi connectivity index (χ0) is 21.4. The number of benzene rings is 2. The van der Waals surface area contributed by atoms with Gasteiger partial charge in [-0.15, -0.1) is 10.2 Å². The number of hydrogen-bond acceptors (Lipinski definition) is 6. The SMILES string of the molecule is CCSc1nnc2c(n1)O[C@H](c1cccc(F)c1F)N(C(C)=O)c1ccc(F)cc1-2. The summed E-state index contributed by atoms with van der Waals surface area (Å²) in [6.07, 6.45) is -1.39. The Morgan fingerprint density at radius 2 is 2.00 bits per heavy atom. The van der Waals surface area contributed by atoms with Crippen LogP contribution in [0, 0.1) is 17.5 Å². The lowest BCUT2D eigenvalue weighted by atomic mass is 10.1. The summed E-state index contributed by atoms with van der Waals surface area (Å²) in [6.45, 7) is 3.14. The summed E-state index contributed by atoms with van der Waals surface area (Å²) in [5, 5.41) is 8.42. The third kappa shape index (κ3) is 3.47. The maximum Gasteiger partial charge on any atom is 0.247 e. The molecule has 0 unspecified atom stereocenters. The number of thioether (sulfide) groups is 1. The molecule has 0 aliphatic carbocycles. The van der Waals surface area contributed by atoms with Crippen molar-refractivity contribution in [2.45, 2.75) is 25.2 Å². The fourth-order valence-corrected chi connectivity index (χ4v) is 3.68. The standard InChI is InChI=1S/C20H15F3N4O2S/c1-3-30-20-24-18-17(25-26-20)13-9-11(21)7-8-15(13)27(10(2)28)19(29-18)12-5-4-6-14(22)16(12)23/h4-9,19H,3H2,1-2H3/t19-/m1/s1. The minimum atomic E-state index is -1.39. The van der Waals surface area contributed by atoms with E-state index in [1.807, 2.05) is 6.92 Å². The maximum absolute atomic E-state index is 14.7. The van der Waals surface area contributed by atoms with E-state index in [2.05, 4.69) is 15.2 Å². The van der Waals surface area contributed by atoms with E-state index in [0.29, 0.717) is 10.9 Å². The summed E-state index contributed by atoms with van der Waals surface area (Å²) in [5.74, 6) is -2.76. The van der Waals surface area contributed by atoms with Gasteiger partial charge >= 0.3 is 0 Å². The summed E-state index contributed by atoms with van der Waals surface area (Å²) in [6, 6.07) is 7.25. The molecule has 2 heterocycles. The number of aromatic nitrogens is 3. The van der Waals surface area contributed by atoms with Gasteiger partial charge in [0, 0.05) is 12.5 Å². The highest BCUT2D eigenvalue weighted by molar-refractivity contribution is 7.99. The second-order valence-corrected chi connectivity index (χ2v) is 7.58. The van der Waals surface area contributed by atoms with Gasteiger partial charge < -0.3 is 4.74 Å². The van der Waals surface area contributed by atoms with E-state index in [9.17, 15) is 18.0 Å². The molecule has 0 saturated heterocycles. The normalized spacial score (nSPS) is 15.1. The molecule has 1 amide bonds. The highest BCUT2D eigenvalue weighted by Crippen LogP contribution is 2.44. The van der Waals surface area contributed by atoms with E-state index in [-0.39, 0.29) is 28.4 Å². The molecule has 0 radical (unpaired) electrons. The van der Waals surface area contributed by atoms with Gasteiger partial charge in [-0.3, -0.25) is 9.69 Å². The summed E-state index contributed by atoms with van der Waals surface area (Å²) in [4.78, 5) is 18.0. The first-order chi connectivity index (χ1) is 14.4. The Bertz CT molecular complexity index is 1150. The molecule has 10 heteroatoms. The van der Waals surface area contributed by atoms with Crippen LogP contribution in [-0.2, 0) is 4.79 Å². The smallest absolute Gasteiger partial charge is 0.247 e. The largest absolute Gasteiger partial charge is 0.447 e. The Morgan fingerprint density at radius 3 is 2.73 bits per heavy atom. The molecule has 6 nitrogen and oxygen atoms in total. The summed E-state index contributed by atoms with van der Waals surface area (Å²) in [5.41, 5.74) is 0.294. The molecular formula is C20H15F3N4O2S. The number of ether oxygens (including phenoxy) is 1. The molecule has 0 spiro atoms. The van der Waals surface area contributed by atoms with Crippen LogP contribution < -0.4 is 9.64 Å². The first-order valence-electron chi connectivity index (χ1n) is 8.98. The van der Waals surface area contributed by atoms with Gasteiger partial charge in [0.05, 0.1) is 11.3 Å². The van der Waals surface area contributed by atoms with Crippen LogP contribution in [0.5, 0.6) is 5.88 Å². The van der Waals surface area contributed by atoms with Crippen LogP contribution in [0.1, 0.15) is 25.6 Å². The molecule has 154 valence electrons. The first-order valence-corrected chi connectivity index (χ1v) is 9.97. The number of carbonyl (C=O) groups is 1. The number of amides is 1. The highest BCUT2D eigenvalue weighted by atomic mass is 32.2. The average molecular weight is 432 g/mol. The number of fused-ring (bicyclic) bond motifs is 3. The average Bonchev–Trinajstić information content (AvgIpc) is 2.84. The summed E-state index contributed by atoms with van der Waals surface area (Å²) < 4.78 is 48.6. The van der Waals surface area contributed by atoms with Gasteiger partial charge in [0.2, 0.25) is 23.2 Å². The van der Waals surface area contributed by atoms with Crippen LogP contribution in [0.4, 0.5) is 18.9 Å². The third-order valence-corrected chi connectivity index (χ3v) is 5.15. The van der Waals surface area contributed by atoms with Crippen molar-refractivity contribution in [3.8, 4) is 17.1 Å². The van der Waals surface area contributed by atoms with E-state index in [1.165, 1.54) is 43.0 Å². The van der Waals surface area contributed by atoms with Crippen molar-refractivity contribution in [3.63, 3.8) is 0 Å². The molecule has 0 N–H and O–H groups in total. The van der Waals surface area contributed by atoms with Crippen molar-refractivity contribution < 1.29 is 22.7 Å². The van der Waals surface area contributed by atoms with Crippen molar-refractivity contribution >= 4 is 23.4 Å². The molecule has 0 bridgehead atoms. The molecule has 0 fully saturated rings. The van der Waals surface area contributed by atoms with Crippen LogP contribution >= 0.6 is 11.8 Å². The highest BCUT2D eigenvalue weighted by Gasteiger charge is 2.36. The number of anilines is 1. The first kappa shape index (κ1) is 20.1. The lowest BCUT2D eigenvalue weighted by molar-refractivity contribution is -0.118. The molecule has 1 aliphatic heterocycles. The van der Waals surface area contributed by atoms with E-state index >= 15 is 0 Å². The van der Waals surface area contributed by atoms with Crippen molar-refractivity contribution in [1.29, 1.82) is 0 Å². The van der Waals surface area contributed by atoms with Crippen molar-refractivity contribution in [2.75, 3.05) is 10.7 Å². The maximum atomic E-state index is 14.7. The lowest BCUT2D eigenvalue weighted by Crippen LogP contribution is -2.36. The van der Waals surface area contributed by atoms with Crippen LogP contribution in [0.3, 0.4) is 0 Å². The van der Waals surface area contributed by atoms with Gasteiger partial charge in [-0.1, -0.05) is 30.8 Å². The Morgan fingerprint density at radius 1 is 1.20 bits per heavy atom. The van der Waals surface area contributed by atoms with Crippen molar-refractivity contribution in [2.24, 2.45) is 0 Å². The van der Waals surface area contributed by atoms with Gasteiger partial charge in [0.25, 0.3) is 0 Å². The van der Waals surface area contributed by atoms with Crippen LogP contribution in [-0.4, -0.2) is 26.8 Å². The molecule has 30 heavy (non-hydrogen) atoms. The quantitative estimate of drug-likeness (QED) is 0.568. The van der Waals surface area contributed by atoms with E-state index in [0.717, 1.165) is 17.0 Å². The molecule has 1 aromatic heterocycles. The Kier molecular flexibility index (Phi) is 5.33. The van der Waals surface area contributed by atoms with Crippen LogP contribution in [0.15, 0.2) is 41.6 Å². The molecule has 1 aliphatic rings. The molecule has 2 aromatic carbocycles. The number of carbonyl (C=O) groups excluding carboxylic acids is 1. The second kappa shape index (κ2) is 7.94. The van der Waals surface area contributed by atoms with E-state index in [4.69, 9.17) is 4.74 Å². The fourth-order valence-electron chi connectivity index (χ4n) is 3.18. The Labute approximate surface area is 174 Å². The molecular weight excluding hydrogens is 417 g/mol. The van der Waals surface area contributed by atoms with Gasteiger partial charge in [0.15, 0.2) is 17.3 Å². The van der Waals surface area contributed by atoms with Crippen molar-refractivity contribution in [3.05, 3.63) is 59.4 Å². The predicted molar refractivity (Wildman–Crippen MR) is 105 cm³/mol. The zero-order valence-corrected chi connectivity index (χ0v) is 16.7. The number of halogens is 3. The Hall–Kier alpha value is -3.14. The fraction of sp³-hybridized carbons (Fsp3) is 0.200. The molecule has 4 rings (SSSR count).